The fourth-order valence-corrected chi connectivity index (χ4v) is 3.36. The monoisotopic (exact) mass is 316 g/mol. The molecule has 2 aliphatic rings. The summed E-state index contributed by atoms with van der Waals surface area (Å²) in [7, 11) is 0. The Labute approximate surface area is 131 Å². The van der Waals surface area contributed by atoms with Crippen molar-refractivity contribution in [3.8, 4) is 0 Å². The third-order valence-corrected chi connectivity index (χ3v) is 4.24. The lowest BCUT2D eigenvalue weighted by molar-refractivity contribution is -0.123. The average molecular weight is 316 g/mol. The summed E-state index contributed by atoms with van der Waals surface area (Å²) in [6, 6.07) is 2.72. The molecule has 2 atom stereocenters. The van der Waals surface area contributed by atoms with Crippen molar-refractivity contribution in [1.82, 2.24) is 14.8 Å². The summed E-state index contributed by atoms with van der Waals surface area (Å²) in [5, 5.41) is 7.43. The van der Waals surface area contributed by atoms with E-state index in [1.54, 1.807) is 11.6 Å². The zero-order valence-electron chi connectivity index (χ0n) is 12.4. The van der Waals surface area contributed by atoms with E-state index in [1.165, 1.54) is 12.1 Å². The van der Waals surface area contributed by atoms with Crippen molar-refractivity contribution < 1.29 is 13.6 Å². The maximum atomic E-state index is 13.7. The van der Waals surface area contributed by atoms with Gasteiger partial charge in [0.15, 0.2) is 0 Å². The summed E-state index contributed by atoms with van der Waals surface area (Å²) in [5.74, 6) is -0.839. The number of carbonyl (C=O) groups excluding carboxylic acids is 1. The molecule has 7 heteroatoms. The first-order chi connectivity index (χ1) is 11.0. The summed E-state index contributed by atoms with van der Waals surface area (Å²) in [6.45, 7) is 1.73. The predicted octanol–water partition coefficient (Wildman–Crippen LogP) is 2.74. The first-order valence-corrected chi connectivity index (χ1v) is 7.42. The Morgan fingerprint density at radius 1 is 1.26 bits per heavy atom. The molecule has 0 amide bonds. The standard InChI is InChI=1S/C16H14F2N4O/c1-8-19-16-20-12-3-2-4-13(23)14(12)15(22(16)21-8)9-5-10(17)7-11(18)6-9/h3,5-7,14-15H,2,4H2,1H3,(H,19,20,21)/t14-,15-/m0/s1. The second kappa shape index (κ2) is 4.97. The molecule has 118 valence electrons. The molecular weight excluding hydrogens is 302 g/mol. The van der Waals surface area contributed by atoms with Gasteiger partial charge in [0.1, 0.15) is 23.2 Å². The van der Waals surface area contributed by atoms with E-state index < -0.39 is 23.6 Å². The van der Waals surface area contributed by atoms with E-state index in [4.69, 9.17) is 0 Å². The molecule has 5 nitrogen and oxygen atoms in total. The second-order valence-electron chi connectivity index (χ2n) is 5.84. The van der Waals surface area contributed by atoms with Gasteiger partial charge in [0.05, 0.1) is 12.0 Å². The van der Waals surface area contributed by atoms with E-state index in [9.17, 15) is 13.6 Å². The number of halogens is 2. The van der Waals surface area contributed by atoms with Gasteiger partial charge < -0.3 is 5.32 Å². The topological polar surface area (TPSA) is 59.8 Å². The van der Waals surface area contributed by atoms with Crippen molar-refractivity contribution in [2.24, 2.45) is 5.92 Å². The molecule has 1 aliphatic heterocycles. The summed E-state index contributed by atoms with van der Waals surface area (Å²) in [6.07, 6.45) is 3.00. The number of fused-ring (bicyclic) bond motifs is 2. The highest BCUT2D eigenvalue weighted by molar-refractivity contribution is 5.87. The Bertz CT molecular complexity index is 822. The quantitative estimate of drug-likeness (QED) is 0.879. The largest absolute Gasteiger partial charge is 0.328 e. The van der Waals surface area contributed by atoms with Crippen LogP contribution in [0.4, 0.5) is 14.7 Å². The minimum Gasteiger partial charge on any atom is -0.328 e. The number of aryl methyl sites for hydroxylation is 1. The minimum absolute atomic E-state index is 0.0310. The predicted molar refractivity (Wildman–Crippen MR) is 78.7 cm³/mol. The van der Waals surface area contributed by atoms with E-state index in [0.717, 1.165) is 11.8 Å². The van der Waals surface area contributed by atoms with Crippen LogP contribution in [0.2, 0.25) is 0 Å². The third-order valence-electron chi connectivity index (χ3n) is 4.24. The van der Waals surface area contributed by atoms with E-state index in [2.05, 4.69) is 15.4 Å². The number of hydrogen-bond donors (Lipinski definition) is 1. The molecule has 0 radical (unpaired) electrons. The van der Waals surface area contributed by atoms with Gasteiger partial charge in [0, 0.05) is 18.2 Å². The average Bonchev–Trinajstić information content (AvgIpc) is 2.84. The van der Waals surface area contributed by atoms with Crippen molar-refractivity contribution in [3.63, 3.8) is 0 Å². The van der Waals surface area contributed by atoms with E-state index in [1.807, 2.05) is 6.08 Å². The van der Waals surface area contributed by atoms with Crippen LogP contribution < -0.4 is 5.32 Å². The summed E-state index contributed by atoms with van der Waals surface area (Å²) < 4.78 is 28.9. The number of allylic oxidation sites excluding steroid dienone is 2. The van der Waals surface area contributed by atoms with Crippen molar-refractivity contribution in [3.05, 3.63) is 53.0 Å². The van der Waals surface area contributed by atoms with Crippen LogP contribution in [0.1, 0.15) is 30.3 Å². The van der Waals surface area contributed by atoms with Crippen LogP contribution in [-0.4, -0.2) is 20.5 Å². The van der Waals surface area contributed by atoms with E-state index >= 15 is 0 Å². The molecule has 1 aromatic heterocycles. The number of nitrogens with one attached hydrogen (secondary N) is 1. The number of Topliss-reactive ketones (excluding diaryl/α,β-unsaturated/α-hetero) is 1. The number of anilines is 1. The maximum Gasteiger partial charge on any atom is 0.226 e. The van der Waals surface area contributed by atoms with Gasteiger partial charge in [-0.15, -0.1) is 0 Å². The van der Waals surface area contributed by atoms with Gasteiger partial charge in [-0.3, -0.25) is 4.79 Å². The Hall–Kier alpha value is -2.57. The summed E-state index contributed by atoms with van der Waals surface area (Å²) >= 11 is 0. The fraction of sp³-hybridized carbons (Fsp3) is 0.312. The molecule has 1 aromatic carbocycles. The fourth-order valence-electron chi connectivity index (χ4n) is 3.36. The van der Waals surface area contributed by atoms with Gasteiger partial charge in [-0.05, 0) is 31.0 Å². The summed E-state index contributed by atoms with van der Waals surface area (Å²) in [5.41, 5.74) is 1.11. The van der Waals surface area contributed by atoms with Crippen LogP contribution in [0.15, 0.2) is 30.0 Å². The van der Waals surface area contributed by atoms with Crippen molar-refractivity contribution in [1.29, 1.82) is 0 Å². The number of benzene rings is 1. The molecule has 0 spiro atoms. The maximum absolute atomic E-state index is 13.7. The highest BCUT2D eigenvalue weighted by atomic mass is 19.1. The number of carbonyl (C=O) groups is 1. The van der Waals surface area contributed by atoms with E-state index in [0.29, 0.717) is 30.2 Å². The lowest BCUT2D eigenvalue weighted by atomic mass is 9.81. The Balaban J connectivity index is 1.94. The highest BCUT2D eigenvalue weighted by Gasteiger charge is 2.41. The van der Waals surface area contributed by atoms with E-state index in [-0.39, 0.29) is 5.78 Å². The Kier molecular flexibility index (Phi) is 3.04. The van der Waals surface area contributed by atoms with Crippen molar-refractivity contribution in [2.75, 3.05) is 5.32 Å². The molecule has 4 rings (SSSR count). The molecule has 0 fully saturated rings. The van der Waals surface area contributed by atoms with Crippen molar-refractivity contribution >= 4 is 11.7 Å². The van der Waals surface area contributed by atoms with Crippen LogP contribution in [-0.2, 0) is 4.79 Å². The third kappa shape index (κ3) is 2.23. The molecule has 0 saturated heterocycles. The zero-order valence-corrected chi connectivity index (χ0v) is 12.4. The van der Waals surface area contributed by atoms with Crippen LogP contribution >= 0.6 is 0 Å². The minimum atomic E-state index is -0.675. The summed E-state index contributed by atoms with van der Waals surface area (Å²) in [4.78, 5) is 16.8. The lowest BCUT2D eigenvalue weighted by Gasteiger charge is -2.36. The molecular formula is C16H14F2N4O. The molecule has 0 saturated carbocycles. The Morgan fingerprint density at radius 3 is 2.74 bits per heavy atom. The number of aromatic nitrogens is 3. The van der Waals surface area contributed by atoms with Crippen LogP contribution in [0, 0.1) is 24.5 Å². The van der Waals surface area contributed by atoms with Gasteiger partial charge in [0.25, 0.3) is 0 Å². The number of hydrogen-bond acceptors (Lipinski definition) is 4. The SMILES string of the molecule is Cc1nc2n(n1)[C@@H](c1cc(F)cc(F)c1)[C@@H]1C(=O)CCC=C1N2. The van der Waals surface area contributed by atoms with Gasteiger partial charge in [-0.25, -0.2) is 13.5 Å². The lowest BCUT2D eigenvalue weighted by Crippen LogP contribution is -2.38. The number of rotatable bonds is 1. The highest BCUT2D eigenvalue weighted by Crippen LogP contribution is 2.41. The van der Waals surface area contributed by atoms with Gasteiger partial charge in [-0.2, -0.15) is 10.1 Å². The Morgan fingerprint density at radius 2 is 2.00 bits per heavy atom. The second-order valence-corrected chi connectivity index (χ2v) is 5.84. The first kappa shape index (κ1) is 14.0. The molecule has 1 aliphatic carbocycles. The normalized spacial score (nSPS) is 22.9. The van der Waals surface area contributed by atoms with Gasteiger partial charge >= 0.3 is 0 Å². The molecule has 1 N–H and O–H groups in total. The zero-order chi connectivity index (χ0) is 16.1. The van der Waals surface area contributed by atoms with Gasteiger partial charge in [0.2, 0.25) is 5.95 Å². The smallest absolute Gasteiger partial charge is 0.226 e. The molecule has 23 heavy (non-hydrogen) atoms. The number of nitrogens with zero attached hydrogens (tertiary/aromatic N) is 3. The van der Waals surface area contributed by atoms with Crippen LogP contribution in [0.5, 0.6) is 0 Å². The molecule has 0 unspecified atom stereocenters. The van der Waals surface area contributed by atoms with Crippen LogP contribution in [0.25, 0.3) is 0 Å². The molecule has 2 heterocycles. The van der Waals surface area contributed by atoms with Crippen LogP contribution in [0.3, 0.4) is 0 Å². The first-order valence-electron chi connectivity index (χ1n) is 7.42. The van der Waals surface area contributed by atoms with Crippen molar-refractivity contribution in [2.45, 2.75) is 25.8 Å². The molecule has 0 bridgehead atoms. The van der Waals surface area contributed by atoms with Gasteiger partial charge in [-0.1, -0.05) is 6.08 Å². The number of ketones is 1. The molecule has 2 aromatic rings.